The maximum absolute atomic E-state index is 5.31. The number of rotatable bonds is 12. The zero-order valence-corrected chi connectivity index (χ0v) is 9.92. The highest BCUT2D eigenvalue weighted by Crippen LogP contribution is 1.75. The van der Waals surface area contributed by atoms with E-state index in [9.17, 15) is 0 Å². The molecule has 0 aliphatic heterocycles. The summed E-state index contributed by atoms with van der Waals surface area (Å²) in [6, 6.07) is 0. The van der Waals surface area contributed by atoms with E-state index in [-0.39, 0.29) is 0 Å². The average molecular weight is 218 g/mol. The van der Waals surface area contributed by atoms with Gasteiger partial charge in [-0.3, -0.25) is 0 Å². The van der Waals surface area contributed by atoms with Crippen LogP contribution in [0.5, 0.6) is 0 Å². The van der Waals surface area contributed by atoms with Crippen molar-refractivity contribution in [3.8, 4) is 0 Å². The van der Waals surface area contributed by atoms with Gasteiger partial charge in [-0.1, -0.05) is 0 Å². The van der Waals surface area contributed by atoms with E-state index < -0.39 is 0 Å². The molecule has 0 spiro atoms. The molecule has 0 aromatic carbocycles. The van der Waals surface area contributed by atoms with E-state index in [0.29, 0.717) is 13.2 Å². The Bertz CT molecular complexity index is 103. The molecular formula is C10H24N3O2. The highest BCUT2D eigenvalue weighted by atomic mass is 16.5. The minimum absolute atomic E-state index is 0.707. The number of nitrogens with one attached hydrogen (secondary N) is 2. The smallest absolute Gasteiger partial charge is 0.0608 e. The quantitative estimate of drug-likeness (QED) is 0.415. The van der Waals surface area contributed by atoms with Crippen LogP contribution in [-0.2, 0) is 9.47 Å². The van der Waals surface area contributed by atoms with Gasteiger partial charge in [0.15, 0.2) is 0 Å². The third-order valence-electron chi connectivity index (χ3n) is 1.78. The van der Waals surface area contributed by atoms with Crippen molar-refractivity contribution in [1.29, 1.82) is 0 Å². The van der Waals surface area contributed by atoms with Gasteiger partial charge >= 0.3 is 0 Å². The molecule has 0 saturated carbocycles. The number of nitrogens with zero attached hydrogens (tertiary/aromatic N) is 1. The van der Waals surface area contributed by atoms with Crippen LogP contribution in [0.2, 0.25) is 0 Å². The highest BCUT2D eigenvalue weighted by molar-refractivity contribution is 4.45. The van der Waals surface area contributed by atoms with Gasteiger partial charge in [-0.2, -0.15) is 0 Å². The van der Waals surface area contributed by atoms with E-state index >= 15 is 0 Å². The lowest BCUT2D eigenvalue weighted by atomic mass is 10.6. The van der Waals surface area contributed by atoms with Crippen LogP contribution in [0, 0.1) is 0 Å². The molecule has 0 bridgehead atoms. The zero-order valence-electron chi connectivity index (χ0n) is 9.92. The standard InChI is InChI=1S/C10H24N3O2/c1-11-3-7-14-9-5-13-6-10-15-8-4-12-2/h11-12H,3-10H2,1-2H3. The third kappa shape index (κ3) is 13.8. The van der Waals surface area contributed by atoms with Gasteiger partial charge in [-0.25, -0.2) is 5.32 Å². The molecule has 0 rings (SSSR count). The number of likely N-dealkylation sites (N-methyl/N-ethyl adjacent to an activating group) is 2. The predicted octanol–water partition coefficient (Wildman–Crippen LogP) is -0.937. The molecule has 5 nitrogen and oxygen atoms in total. The molecular weight excluding hydrogens is 194 g/mol. The van der Waals surface area contributed by atoms with Crippen LogP contribution in [-0.4, -0.2) is 66.7 Å². The molecule has 15 heavy (non-hydrogen) atoms. The minimum atomic E-state index is 0.707. The normalized spacial score (nSPS) is 10.8. The second-order valence-corrected chi connectivity index (χ2v) is 3.10. The van der Waals surface area contributed by atoms with Crippen LogP contribution >= 0.6 is 0 Å². The minimum Gasteiger partial charge on any atom is -0.379 e. The summed E-state index contributed by atoms with van der Waals surface area (Å²) < 4.78 is 10.6. The summed E-state index contributed by atoms with van der Waals surface area (Å²) >= 11 is 0. The molecule has 91 valence electrons. The number of hydrogen-bond donors (Lipinski definition) is 2. The first-order valence-electron chi connectivity index (χ1n) is 5.49. The Morgan fingerprint density at radius 1 is 0.800 bits per heavy atom. The van der Waals surface area contributed by atoms with Gasteiger partial charge in [-0.05, 0) is 14.1 Å². The van der Waals surface area contributed by atoms with Crippen molar-refractivity contribution < 1.29 is 9.47 Å². The number of ether oxygens (including phenoxy) is 2. The molecule has 0 fully saturated rings. The van der Waals surface area contributed by atoms with E-state index in [1.165, 1.54) is 0 Å². The monoisotopic (exact) mass is 218 g/mol. The largest absolute Gasteiger partial charge is 0.379 e. The van der Waals surface area contributed by atoms with Gasteiger partial charge in [0.25, 0.3) is 0 Å². The molecule has 0 saturated heterocycles. The first-order valence-corrected chi connectivity index (χ1v) is 5.49. The van der Waals surface area contributed by atoms with Gasteiger partial charge in [0.2, 0.25) is 0 Å². The summed E-state index contributed by atoms with van der Waals surface area (Å²) in [7, 11) is 3.83. The van der Waals surface area contributed by atoms with Gasteiger partial charge < -0.3 is 20.1 Å². The predicted molar refractivity (Wildman–Crippen MR) is 61.4 cm³/mol. The van der Waals surface area contributed by atoms with E-state index in [4.69, 9.17) is 9.47 Å². The fourth-order valence-electron chi connectivity index (χ4n) is 0.923. The van der Waals surface area contributed by atoms with Crippen LogP contribution < -0.4 is 16.0 Å². The lowest BCUT2D eigenvalue weighted by Crippen LogP contribution is -2.21. The summed E-state index contributed by atoms with van der Waals surface area (Å²) in [5, 5.41) is 10.3. The Labute approximate surface area is 92.9 Å². The maximum Gasteiger partial charge on any atom is 0.0608 e. The Balaban J connectivity index is 2.81. The van der Waals surface area contributed by atoms with Gasteiger partial charge in [0, 0.05) is 26.2 Å². The van der Waals surface area contributed by atoms with E-state index in [2.05, 4.69) is 16.0 Å². The average Bonchev–Trinajstić information content (AvgIpc) is 2.26. The van der Waals surface area contributed by atoms with Gasteiger partial charge in [-0.15, -0.1) is 0 Å². The first-order chi connectivity index (χ1) is 7.41. The third-order valence-corrected chi connectivity index (χ3v) is 1.78. The summed E-state index contributed by atoms with van der Waals surface area (Å²) in [5.74, 6) is 0. The Morgan fingerprint density at radius 2 is 1.27 bits per heavy atom. The van der Waals surface area contributed by atoms with Crippen LogP contribution in [0.4, 0.5) is 0 Å². The van der Waals surface area contributed by atoms with Gasteiger partial charge in [0.1, 0.15) is 0 Å². The zero-order chi connectivity index (χ0) is 11.2. The van der Waals surface area contributed by atoms with E-state index in [1.807, 2.05) is 14.1 Å². The molecule has 0 heterocycles. The molecule has 0 unspecified atom stereocenters. The fourth-order valence-corrected chi connectivity index (χ4v) is 0.923. The van der Waals surface area contributed by atoms with Crippen molar-refractivity contribution in [2.45, 2.75) is 0 Å². The summed E-state index contributed by atoms with van der Waals surface area (Å²) in [6.45, 7) is 6.24. The Hall–Kier alpha value is -0.200. The fraction of sp³-hybridized carbons (Fsp3) is 1.00. The van der Waals surface area contributed by atoms with Crippen molar-refractivity contribution in [3.63, 3.8) is 0 Å². The molecule has 0 amide bonds. The second kappa shape index (κ2) is 13.8. The molecule has 2 N–H and O–H groups in total. The van der Waals surface area contributed by atoms with Gasteiger partial charge in [0.05, 0.1) is 26.4 Å². The molecule has 0 aromatic rings. The van der Waals surface area contributed by atoms with Crippen molar-refractivity contribution in [2.75, 3.05) is 66.7 Å². The summed E-state index contributed by atoms with van der Waals surface area (Å²) in [4.78, 5) is 0. The number of hydrogen-bond acceptors (Lipinski definition) is 4. The van der Waals surface area contributed by atoms with Crippen molar-refractivity contribution in [3.05, 3.63) is 0 Å². The summed E-state index contributed by atoms with van der Waals surface area (Å²) in [6.07, 6.45) is 0. The highest BCUT2D eigenvalue weighted by Gasteiger charge is 1.91. The molecule has 0 aromatic heterocycles. The maximum atomic E-state index is 5.31. The van der Waals surface area contributed by atoms with Crippen LogP contribution in [0.15, 0.2) is 0 Å². The molecule has 0 aliphatic carbocycles. The Kier molecular flexibility index (Phi) is 13.6. The van der Waals surface area contributed by atoms with Crippen molar-refractivity contribution in [1.82, 2.24) is 16.0 Å². The Morgan fingerprint density at radius 3 is 1.67 bits per heavy atom. The molecule has 5 heteroatoms. The lowest BCUT2D eigenvalue weighted by Gasteiger charge is -2.05. The van der Waals surface area contributed by atoms with E-state index in [0.717, 1.165) is 39.4 Å². The first kappa shape index (κ1) is 14.8. The van der Waals surface area contributed by atoms with Crippen molar-refractivity contribution >= 4 is 0 Å². The van der Waals surface area contributed by atoms with Crippen LogP contribution in [0.1, 0.15) is 0 Å². The van der Waals surface area contributed by atoms with Crippen molar-refractivity contribution in [2.24, 2.45) is 0 Å². The molecule has 1 radical (unpaired) electrons. The van der Waals surface area contributed by atoms with E-state index in [1.54, 1.807) is 0 Å². The molecule has 0 atom stereocenters. The van der Waals surface area contributed by atoms with Crippen LogP contribution in [0.3, 0.4) is 0 Å². The lowest BCUT2D eigenvalue weighted by molar-refractivity contribution is 0.123. The topological polar surface area (TPSA) is 56.6 Å². The van der Waals surface area contributed by atoms with Crippen LogP contribution in [0.25, 0.3) is 0 Å². The molecule has 0 aliphatic rings. The SMILES string of the molecule is CNCCOCC[N]CCOCCNC. The second-order valence-electron chi connectivity index (χ2n) is 3.10. The summed E-state index contributed by atoms with van der Waals surface area (Å²) in [5.41, 5.74) is 0.